The highest BCUT2D eigenvalue weighted by atomic mass is 15.0. The summed E-state index contributed by atoms with van der Waals surface area (Å²) < 4.78 is 0. The average Bonchev–Trinajstić information content (AvgIpc) is 2.18. The summed E-state index contributed by atoms with van der Waals surface area (Å²) in [4.78, 5) is 12.6. The molecule has 0 radical (unpaired) electrons. The maximum absolute atomic E-state index is 5.83. The van der Waals surface area contributed by atoms with Gasteiger partial charge < -0.3 is 11.5 Å². The monoisotopic (exact) mass is 203 g/mol. The molecule has 15 heavy (non-hydrogen) atoms. The number of nitrogen functional groups attached to an aromatic ring is 2. The fraction of sp³-hybridized carbons (Fsp3) is 0.300. The van der Waals surface area contributed by atoms with Crippen molar-refractivity contribution in [2.45, 2.75) is 19.8 Å². The summed E-state index contributed by atoms with van der Waals surface area (Å²) in [5.74, 6) is 1.86. The molecule has 0 atom stereocenters. The zero-order chi connectivity index (χ0) is 11.0. The second-order valence-electron chi connectivity index (χ2n) is 3.75. The topological polar surface area (TPSA) is 90.7 Å². The summed E-state index contributed by atoms with van der Waals surface area (Å²) in [7, 11) is 0. The first-order valence-corrected chi connectivity index (χ1v) is 4.76. The zero-order valence-electron chi connectivity index (χ0n) is 8.73. The van der Waals surface area contributed by atoms with Crippen LogP contribution in [0.2, 0.25) is 0 Å². The number of hydrogen-bond acceptors (Lipinski definition) is 5. The van der Waals surface area contributed by atoms with E-state index in [0.29, 0.717) is 11.6 Å². The van der Waals surface area contributed by atoms with Gasteiger partial charge in [0.2, 0.25) is 0 Å². The fourth-order valence-electron chi connectivity index (χ4n) is 1.35. The SMILES string of the molecule is CC(C)c1nc(N)c2cc(N)ncc2n1. The van der Waals surface area contributed by atoms with Crippen LogP contribution in [0, 0.1) is 0 Å². The van der Waals surface area contributed by atoms with Gasteiger partial charge in [-0.3, -0.25) is 0 Å². The highest BCUT2D eigenvalue weighted by Gasteiger charge is 2.08. The molecule has 0 bridgehead atoms. The Hall–Kier alpha value is -1.91. The second kappa shape index (κ2) is 3.34. The van der Waals surface area contributed by atoms with Crippen molar-refractivity contribution in [3.05, 3.63) is 18.1 Å². The van der Waals surface area contributed by atoms with Crippen LogP contribution in [-0.4, -0.2) is 15.0 Å². The minimum atomic E-state index is 0.245. The Morgan fingerprint density at radius 3 is 2.60 bits per heavy atom. The van der Waals surface area contributed by atoms with Crippen molar-refractivity contribution >= 4 is 22.5 Å². The van der Waals surface area contributed by atoms with Crippen LogP contribution in [0.4, 0.5) is 11.6 Å². The zero-order valence-corrected chi connectivity index (χ0v) is 8.73. The number of rotatable bonds is 1. The summed E-state index contributed by atoms with van der Waals surface area (Å²) >= 11 is 0. The predicted octanol–water partition coefficient (Wildman–Crippen LogP) is 1.31. The van der Waals surface area contributed by atoms with E-state index in [0.717, 1.165) is 16.7 Å². The Balaban J connectivity index is 2.73. The molecule has 0 aliphatic carbocycles. The summed E-state index contributed by atoms with van der Waals surface area (Å²) in [5, 5.41) is 0.756. The molecule has 2 heterocycles. The Labute approximate surface area is 87.5 Å². The first kappa shape index (κ1) is 9.64. The third-order valence-electron chi connectivity index (χ3n) is 2.17. The maximum Gasteiger partial charge on any atom is 0.135 e. The molecule has 0 aliphatic heterocycles. The quantitative estimate of drug-likeness (QED) is 0.729. The predicted molar refractivity (Wildman–Crippen MR) is 60.2 cm³/mol. The van der Waals surface area contributed by atoms with Crippen molar-refractivity contribution in [2.24, 2.45) is 0 Å². The third kappa shape index (κ3) is 1.68. The summed E-state index contributed by atoms with van der Waals surface area (Å²) in [6.45, 7) is 4.04. The smallest absolute Gasteiger partial charge is 0.135 e. The van der Waals surface area contributed by atoms with E-state index in [1.165, 1.54) is 0 Å². The van der Waals surface area contributed by atoms with Crippen LogP contribution < -0.4 is 11.5 Å². The molecule has 0 unspecified atom stereocenters. The van der Waals surface area contributed by atoms with Crippen molar-refractivity contribution in [1.82, 2.24) is 15.0 Å². The van der Waals surface area contributed by atoms with E-state index >= 15 is 0 Å². The van der Waals surface area contributed by atoms with Gasteiger partial charge in [0.05, 0.1) is 11.7 Å². The lowest BCUT2D eigenvalue weighted by atomic mass is 10.2. The van der Waals surface area contributed by atoms with Crippen LogP contribution >= 0.6 is 0 Å². The number of aromatic nitrogens is 3. The normalized spacial score (nSPS) is 11.1. The Morgan fingerprint density at radius 2 is 1.93 bits per heavy atom. The van der Waals surface area contributed by atoms with Gasteiger partial charge in [-0.05, 0) is 6.07 Å². The first-order valence-electron chi connectivity index (χ1n) is 4.76. The van der Waals surface area contributed by atoms with E-state index in [-0.39, 0.29) is 5.92 Å². The van der Waals surface area contributed by atoms with Gasteiger partial charge in [0.25, 0.3) is 0 Å². The van der Waals surface area contributed by atoms with E-state index in [4.69, 9.17) is 11.5 Å². The van der Waals surface area contributed by atoms with E-state index < -0.39 is 0 Å². The van der Waals surface area contributed by atoms with Crippen LogP contribution in [0.25, 0.3) is 10.9 Å². The van der Waals surface area contributed by atoms with Gasteiger partial charge in [-0.25, -0.2) is 15.0 Å². The molecule has 0 amide bonds. The Morgan fingerprint density at radius 1 is 1.20 bits per heavy atom. The van der Waals surface area contributed by atoms with E-state index in [9.17, 15) is 0 Å². The fourth-order valence-corrected chi connectivity index (χ4v) is 1.35. The minimum Gasteiger partial charge on any atom is -0.384 e. The van der Waals surface area contributed by atoms with Gasteiger partial charge in [0.15, 0.2) is 0 Å². The van der Waals surface area contributed by atoms with Gasteiger partial charge >= 0.3 is 0 Å². The van der Waals surface area contributed by atoms with E-state index in [1.54, 1.807) is 12.3 Å². The van der Waals surface area contributed by atoms with Gasteiger partial charge in [-0.1, -0.05) is 13.8 Å². The molecule has 5 heteroatoms. The highest BCUT2D eigenvalue weighted by Crippen LogP contribution is 2.21. The van der Waals surface area contributed by atoms with Crippen LogP contribution in [0.5, 0.6) is 0 Å². The third-order valence-corrected chi connectivity index (χ3v) is 2.17. The lowest BCUT2D eigenvalue weighted by molar-refractivity contribution is 0.785. The average molecular weight is 203 g/mol. The Kier molecular flexibility index (Phi) is 2.15. The van der Waals surface area contributed by atoms with Crippen LogP contribution in [-0.2, 0) is 0 Å². The van der Waals surface area contributed by atoms with Crippen LogP contribution in [0.3, 0.4) is 0 Å². The molecule has 2 aromatic heterocycles. The van der Waals surface area contributed by atoms with Crippen molar-refractivity contribution in [3.8, 4) is 0 Å². The summed E-state index contributed by atoms with van der Waals surface area (Å²) in [5.41, 5.74) is 12.1. The molecule has 78 valence electrons. The number of fused-ring (bicyclic) bond motifs is 1. The molecule has 4 N–H and O–H groups in total. The molecule has 5 nitrogen and oxygen atoms in total. The number of nitrogens with zero attached hydrogens (tertiary/aromatic N) is 3. The van der Waals surface area contributed by atoms with Crippen molar-refractivity contribution in [2.75, 3.05) is 11.5 Å². The van der Waals surface area contributed by atoms with Gasteiger partial charge in [0.1, 0.15) is 17.5 Å². The Bertz CT molecular complexity index is 506. The number of anilines is 2. The van der Waals surface area contributed by atoms with E-state index in [1.807, 2.05) is 13.8 Å². The molecule has 0 saturated carbocycles. The number of pyridine rings is 1. The molecular formula is C10H13N5. The molecule has 0 spiro atoms. The molecule has 2 rings (SSSR count). The lowest BCUT2D eigenvalue weighted by Gasteiger charge is -2.07. The number of hydrogen-bond donors (Lipinski definition) is 2. The van der Waals surface area contributed by atoms with Crippen molar-refractivity contribution in [1.29, 1.82) is 0 Å². The summed E-state index contributed by atoms with van der Waals surface area (Å²) in [6, 6.07) is 1.69. The maximum atomic E-state index is 5.83. The second-order valence-corrected chi connectivity index (χ2v) is 3.75. The molecule has 0 saturated heterocycles. The largest absolute Gasteiger partial charge is 0.384 e. The summed E-state index contributed by atoms with van der Waals surface area (Å²) in [6.07, 6.45) is 1.62. The van der Waals surface area contributed by atoms with Crippen LogP contribution in [0.15, 0.2) is 12.3 Å². The molecule has 2 aromatic rings. The first-order chi connectivity index (χ1) is 7.08. The number of nitrogens with two attached hydrogens (primary N) is 2. The minimum absolute atomic E-state index is 0.245. The highest BCUT2D eigenvalue weighted by molar-refractivity contribution is 5.89. The molecule has 0 fully saturated rings. The molecular weight excluding hydrogens is 190 g/mol. The molecule has 0 aliphatic rings. The lowest BCUT2D eigenvalue weighted by Crippen LogP contribution is -2.03. The molecule has 0 aromatic carbocycles. The van der Waals surface area contributed by atoms with Crippen molar-refractivity contribution < 1.29 is 0 Å². The van der Waals surface area contributed by atoms with E-state index in [2.05, 4.69) is 15.0 Å². The standard InChI is InChI=1S/C10H13N5/c1-5(2)10-14-7-4-13-8(11)3-6(7)9(12)15-10/h3-5H,1-2H3,(H2,11,13)(H2,12,14,15). The van der Waals surface area contributed by atoms with Gasteiger partial charge in [0, 0.05) is 11.3 Å². The van der Waals surface area contributed by atoms with Crippen molar-refractivity contribution in [3.63, 3.8) is 0 Å². The van der Waals surface area contributed by atoms with Crippen LogP contribution in [0.1, 0.15) is 25.6 Å². The van der Waals surface area contributed by atoms with Gasteiger partial charge in [-0.15, -0.1) is 0 Å². The van der Waals surface area contributed by atoms with Gasteiger partial charge in [-0.2, -0.15) is 0 Å².